The number of piperidine rings is 1. The molecule has 2 aromatic rings. The van der Waals surface area contributed by atoms with Crippen LogP contribution in [0.4, 0.5) is 11.8 Å². The van der Waals surface area contributed by atoms with E-state index >= 15 is 0 Å². The average Bonchev–Trinajstić information content (AvgIpc) is 2.62. The first-order valence-corrected chi connectivity index (χ1v) is 8.88. The first-order valence-electron chi connectivity index (χ1n) is 8.88. The van der Waals surface area contributed by atoms with Gasteiger partial charge in [0.05, 0.1) is 18.2 Å². The number of nitrogens with zero attached hydrogens (tertiary/aromatic N) is 4. The Balaban J connectivity index is 1.64. The SMILES string of the molecule is CC(C)Oc1cc(N[C@H]2CCN(C(=O)c3ccccn3)C[C@@H]2O)nc(N)n1. The molecule has 3 heterocycles. The predicted molar refractivity (Wildman–Crippen MR) is 100 cm³/mol. The standard InChI is InChI=1S/C18H24N6O3/c1-11(2)27-16-9-15(22-18(19)23-16)21-12-6-8-24(10-14(12)25)17(26)13-5-3-4-7-20-13/h3-5,7,9,11-12,14,25H,6,8,10H2,1-2H3,(H3,19,21,22,23)/t12-,14-/m0/s1. The van der Waals surface area contributed by atoms with Crippen molar-refractivity contribution in [3.63, 3.8) is 0 Å². The lowest BCUT2D eigenvalue weighted by Crippen LogP contribution is -2.51. The largest absolute Gasteiger partial charge is 0.475 e. The number of carbonyl (C=O) groups is 1. The molecule has 27 heavy (non-hydrogen) atoms. The highest BCUT2D eigenvalue weighted by Gasteiger charge is 2.31. The summed E-state index contributed by atoms with van der Waals surface area (Å²) < 4.78 is 5.56. The maximum absolute atomic E-state index is 12.5. The van der Waals surface area contributed by atoms with Crippen LogP contribution in [-0.4, -0.2) is 62.2 Å². The van der Waals surface area contributed by atoms with Gasteiger partial charge in [-0.3, -0.25) is 9.78 Å². The molecule has 0 aliphatic carbocycles. The number of aromatic nitrogens is 3. The average molecular weight is 372 g/mol. The van der Waals surface area contributed by atoms with E-state index in [1.807, 2.05) is 13.8 Å². The molecule has 9 nitrogen and oxygen atoms in total. The zero-order valence-electron chi connectivity index (χ0n) is 15.4. The maximum atomic E-state index is 12.5. The van der Waals surface area contributed by atoms with Gasteiger partial charge in [-0.1, -0.05) is 6.07 Å². The van der Waals surface area contributed by atoms with Gasteiger partial charge in [-0.15, -0.1) is 0 Å². The van der Waals surface area contributed by atoms with E-state index in [2.05, 4.69) is 20.3 Å². The maximum Gasteiger partial charge on any atom is 0.272 e. The molecule has 0 unspecified atom stereocenters. The molecule has 0 spiro atoms. The predicted octanol–water partition coefficient (Wildman–Crippen LogP) is 0.928. The number of nitrogens with two attached hydrogens (primary N) is 1. The summed E-state index contributed by atoms with van der Waals surface area (Å²) in [6.45, 7) is 4.50. The molecule has 1 aliphatic heterocycles. The van der Waals surface area contributed by atoms with Gasteiger partial charge in [0.1, 0.15) is 11.5 Å². The molecule has 1 amide bonds. The number of hydrogen-bond acceptors (Lipinski definition) is 8. The zero-order valence-corrected chi connectivity index (χ0v) is 15.4. The summed E-state index contributed by atoms with van der Waals surface area (Å²) in [5.74, 6) is 0.754. The minimum atomic E-state index is -0.753. The highest BCUT2D eigenvalue weighted by molar-refractivity contribution is 5.92. The van der Waals surface area contributed by atoms with Crippen molar-refractivity contribution in [2.75, 3.05) is 24.1 Å². The number of aliphatic hydroxyl groups is 1. The van der Waals surface area contributed by atoms with Crippen LogP contribution in [0.2, 0.25) is 0 Å². The van der Waals surface area contributed by atoms with Gasteiger partial charge >= 0.3 is 0 Å². The number of likely N-dealkylation sites (tertiary alicyclic amines) is 1. The summed E-state index contributed by atoms with van der Waals surface area (Å²) >= 11 is 0. The van der Waals surface area contributed by atoms with E-state index in [9.17, 15) is 9.90 Å². The Morgan fingerprint density at radius 3 is 2.89 bits per heavy atom. The van der Waals surface area contributed by atoms with Crippen LogP contribution in [0.25, 0.3) is 0 Å². The molecule has 0 radical (unpaired) electrons. The van der Waals surface area contributed by atoms with Crippen molar-refractivity contribution in [3.05, 3.63) is 36.2 Å². The Morgan fingerprint density at radius 1 is 1.41 bits per heavy atom. The molecule has 0 saturated carbocycles. The summed E-state index contributed by atoms with van der Waals surface area (Å²) in [6.07, 6.45) is 1.34. The second-order valence-electron chi connectivity index (χ2n) is 6.69. The molecule has 2 atom stereocenters. The minimum absolute atomic E-state index is 0.0430. The molecule has 3 rings (SSSR count). The smallest absolute Gasteiger partial charge is 0.272 e. The molecule has 144 valence electrons. The van der Waals surface area contributed by atoms with Crippen molar-refractivity contribution in [1.82, 2.24) is 19.9 Å². The Kier molecular flexibility index (Phi) is 5.70. The van der Waals surface area contributed by atoms with Crippen molar-refractivity contribution in [2.45, 2.75) is 38.5 Å². The number of nitrogen functional groups attached to an aromatic ring is 1. The fraction of sp³-hybridized carbons (Fsp3) is 0.444. The lowest BCUT2D eigenvalue weighted by molar-refractivity contribution is 0.0421. The van der Waals surface area contributed by atoms with Gasteiger partial charge in [-0.05, 0) is 32.4 Å². The fourth-order valence-corrected chi connectivity index (χ4v) is 2.94. The van der Waals surface area contributed by atoms with Gasteiger partial charge in [0.2, 0.25) is 11.8 Å². The lowest BCUT2D eigenvalue weighted by atomic mass is 10.0. The van der Waals surface area contributed by atoms with E-state index < -0.39 is 6.10 Å². The number of β-amino-alcohol motifs (C(OH)–C–C–N with tert-alkyl or cyclic N) is 1. The molecule has 9 heteroatoms. The molecule has 1 fully saturated rings. The van der Waals surface area contributed by atoms with Gasteiger partial charge < -0.3 is 25.8 Å². The third-order valence-electron chi connectivity index (χ3n) is 4.16. The van der Waals surface area contributed by atoms with Crippen LogP contribution in [-0.2, 0) is 0 Å². The highest BCUT2D eigenvalue weighted by atomic mass is 16.5. The Labute approximate surface area is 157 Å². The number of rotatable bonds is 5. The first kappa shape index (κ1) is 18.8. The zero-order chi connectivity index (χ0) is 19.4. The van der Waals surface area contributed by atoms with Crippen LogP contribution in [0, 0.1) is 0 Å². The minimum Gasteiger partial charge on any atom is -0.475 e. The molecule has 1 aliphatic rings. The van der Waals surface area contributed by atoms with Crippen LogP contribution in [0.5, 0.6) is 5.88 Å². The second-order valence-corrected chi connectivity index (χ2v) is 6.69. The molecule has 4 N–H and O–H groups in total. The van der Waals surface area contributed by atoms with Crippen molar-refractivity contribution >= 4 is 17.7 Å². The fourth-order valence-electron chi connectivity index (χ4n) is 2.94. The van der Waals surface area contributed by atoms with Gasteiger partial charge in [-0.2, -0.15) is 9.97 Å². The molecule has 1 saturated heterocycles. The molecule has 2 aromatic heterocycles. The summed E-state index contributed by atoms with van der Waals surface area (Å²) in [7, 11) is 0. The number of aliphatic hydroxyl groups excluding tert-OH is 1. The molecule has 0 bridgehead atoms. The quantitative estimate of drug-likeness (QED) is 0.707. The van der Waals surface area contributed by atoms with Crippen molar-refractivity contribution in [3.8, 4) is 5.88 Å². The van der Waals surface area contributed by atoms with Crippen molar-refractivity contribution < 1.29 is 14.6 Å². The van der Waals surface area contributed by atoms with Crippen molar-refractivity contribution in [2.24, 2.45) is 0 Å². The molecular weight excluding hydrogens is 348 g/mol. The summed E-state index contributed by atoms with van der Waals surface area (Å²) in [6, 6.07) is 6.57. The van der Waals surface area contributed by atoms with Gasteiger partial charge in [0.15, 0.2) is 0 Å². The van der Waals surface area contributed by atoms with E-state index in [-0.39, 0.29) is 30.5 Å². The lowest BCUT2D eigenvalue weighted by Gasteiger charge is -2.36. The van der Waals surface area contributed by atoms with Gasteiger partial charge in [0.25, 0.3) is 5.91 Å². The normalized spacial score (nSPS) is 19.8. The van der Waals surface area contributed by atoms with Crippen LogP contribution in [0.1, 0.15) is 30.8 Å². The molecular formula is C18H24N6O3. The number of pyridine rings is 1. The van der Waals surface area contributed by atoms with E-state index in [0.29, 0.717) is 30.4 Å². The summed E-state index contributed by atoms with van der Waals surface area (Å²) in [5.41, 5.74) is 6.11. The van der Waals surface area contributed by atoms with E-state index in [4.69, 9.17) is 10.5 Å². The van der Waals surface area contributed by atoms with Gasteiger partial charge in [0, 0.05) is 25.4 Å². The van der Waals surface area contributed by atoms with E-state index in [0.717, 1.165) is 0 Å². The van der Waals surface area contributed by atoms with Crippen LogP contribution in [0.15, 0.2) is 30.5 Å². The molecule has 0 aromatic carbocycles. The third kappa shape index (κ3) is 4.82. The number of hydrogen-bond donors (Lipinski definition) is 3. The van der Waals surface area contributed by atoms with E-state index in [1.165, 1.54) is 0 Å². The number of ether oxygens (including phenoxy) is 1. The van der Waals surface area contributed by atoms with Crippen LogP contribution >= 0.6 is 0 Å². The summed E-state index contributed by atoms with van der Waals surface area (Å²) in [5, 5.41) is 13.7. The van der Waals surface area contributed by atoms with Gasteiger partial charge in [-0.25, -0.2) is 0 Å². The summed E-state index contributed by atoms with van der Waals surface area (Å²) in [4.78, 5) is 26.3. The number of carbonyl (C=O) groups excluding carboxylic acids is 1. The number of amides is 1. The second kappa shape index (κ2) is 8.17. The number of anilines is 2. The van der Waals surface area contributed by atoms with Crippen LogP contribution < -0.4 is 15.8 Å². The Morgan fingerprint density at radius 2 is 2.22 bits per heavy atom. The monoisotopic (exact) mass is 372 g/mol. The Hall–Kier alpha value is -2.94. The van der Waals surface area contributed by atoms with E-state index in [1.54, 1.807) is 35.4 Å². The highest BCUT2D eigenvalue weighted by Crippen LogP contribution is 2.21. The van der Waals surface area contributed by atoms with Crippen LogP contribution in [0.3, 0.4) is 0 Å². The first-order chi connectivity index (χ1) is 12.9. The topological polar surface area (TPSA) is 126 Å². The number of nitrogens with one attached hydrogen (secondary N) is 1. The third-order valence-corrected chi connectivity index (χ3v) is 4.16. The Bertz CT molecular complexity index is 786. The van der Waals surface area contributed by atoms with Crippen molar-refractivity contribution in [1.29, 1.82) is 0 Å².